The van der Waals surface area contributed by atoms with Crippen LogP contribution in [0.1, 0.15) is 47.9 Å². The van der Waals surface area contributed by atoms with E-state index in [1.165, 1.54) is 0 Å². The fourth-order valence-electron chi connectivity index (χ4n) is 6.91. The van der Waals surface area contributed by atoms with Crippen LogP contribution in [0.2, 0.25) is 5.02 Å². The quantitative estimate of drug-likeness (QED) is 0.195. The van der Waals surface area contributed by atoms with Crippen molar-refractivity contribution in [3.63, 3.8) is 0 Å². The summed E-state index contributed by atoms with van der Waals surface area (Å²) in [5, 5.41) is 16.2. The van der Waals surface area contributed by atoms with Crippen molar-refractivity contribution < 1.29 is 19.2 Å². The number of halogens is 1. The molecule has 0 bridgehead atoms. The van der Waals surface area contributed by atoms with Crippen LogP contribution in [-0.4, -0.2) is 65.8 Å². The van der Waals surface area contributed by atoms with Crippen molar-refractivity contribution in [3.05, 3.63) is 130 Å². The monoisotopic (exact) mass is 708 g/mol. The first-order valence-electron chi connectivity index (χ1n) is 17.6. The third kappa shape index (κ3) is 9.45. The van der Waals surface area contributed by atoms with Gasteiger partial charge in [0.15, 0.2) is 0 Å². The number of likely N-dealkylation sites (tertiary alicyclic amines) is 1. The molecule has 3 aromatic carbocycles. The molecule has 0 radical (unpaired) electrons. The fourth-order valence-corrected chi connectivity index (χ4v) is 7.04. The first-order valence-corrected chi connectivity index (χ1v) is 18.0. The lowest BCUT2D eigenvalue weighted by Crippen LogP contribution is -2.64. The first kappa shape index (κ1) is 35.9. The molecule has 0 unspecified atom stereocenters. The molecule has 266 valence electrons. The lowest BCUT2D eigenvalue weighted by atomic mass is 9.85. The highest BCUT2D eigenvalue weighted by Crippen LogP contribution is 2.27. The van der Waals surface area contributed by atoms with Gasteiger partial charge in [-0.05, 0) is 72.6 Å². The van der Waals surface area contributed by atoms with Gasteiger partial charge in [0.25, 0.3) is 0 Å². The van der Waals surface area contributed by atoms with Crippen molar-refractivity contribution in [1.82, 2.24) is 31.5 Å². The van der Waals surface area contributed by atoms with Crippen molar-refractivity contribution in [2.24, 2.45) is 0 Å². The molecule has 2 heterocycles. The minimum absolute atomic E-state index is 0.161. The van der Waals surface area contributed by atoms with Gasteiger partial charge in [0.1, 0.15) is 11.6 Å². The predicted molar refractivity (Wildman–Crippen MR) is 197 cm³/mol. The maximum Gasteiger partial charge on any atom is 0.246 e. The molecule has 1 aliphatic carbocycles. The van der Waals surface area contributed by atoms with Crippen molar-refractivity contribution in [3.8, 4) is 0 Å². The number of carbonyl (C=O) groups excluding carboxylic acids is 4. The molecular formula is C40H45ClN6O4. The van der Waals surface area contributed by atoms with E-state index < -0.39 is 17.6 Å². The second-order valence-electron chi connectivity index (χ2n) is 13.4. The van der Waals surface area contributed by atoms with E-state index in [0.29, 0.717) is 56.9 Å². The van der Waals surface area contributed by atoms with E-state index in [0.717, 1.165) is 40.8 Å². The highest BCUT2D eigenvalue weighted by molar-refractivity contribution is 6.30. The van der Waals surface area contributed by atoms with Crippen molar-refractivity contribution >= 4 is 35.2 Å². The Morgan fingerprint density at radius 3 is 2.33 bits per heavy atom. The normalized spacial score (nSPS) is 18.4. The Hall–Kier alpha value is -4.93. The van der Waals surface area contributed by atoms with Crippen LogP contribution in [0.25, 0.3) is 0 Å². The van der Waals surface area contributed by atoms with E-state index in [1.54, 1.807) is 17.0 Å². The number of amides is 4. The average molecular weight is 709 g/mol. The standard InChI is InChI=1S/C40H45ClN6O4/c41-32-17-15-28(16-18-32)23-35(45-37(49)34-24-30-11-7-8-12-31(30)26-42-34)38(50)47-21-19-40(20-22-47,46-33-13-5-2-6-14-33)39(51)44-27-36(48)43-25-29-9-3-1-4-10-29/h1-5,7-13,15-18,34-35,42,46H,6,14,19-27H2,(H,43,48)(H,44,51)(H,45,49)/t34-,35-/m1/s1. The third-order valence-corrected chi connectivity index (χ3v) is 10.1. The van der Waals surface area contributed by atoms with E-state index in [9.17, 15) is 19.2 Å². The Morgan fingerprint density at radius 2 is 1.61 bits per heavy atom. The zero-order valence-electron chi connectivity index (χ0n) is 28.6. The van der Waals surface area contributed by atoms with Gasteiger partial charge in [-0.3, -0.25) is 19.2 Å². The second-order valence-corrected chi connectivity index (χ2v) is 13.9. The van der Waals surface area contributed by atoms with Gasteiger partial charge >= 0.3 is 0 Å². The van der Waals surface area contributed by atoms with Gasteiger partial charge in [-0.1, -0.05) is 90.5 Å². The molecule has 0 saturated carbocycles. The number of piperidine rings is 1. The summed E-state index contributed by atoms with van der Waals surface area (Å²) in [7, 11) is 0. The maximum atomic E-state index is 14.2. The lowest BCUT2D eigenvalue weighted by molar-refractivity contribution is -0.140. The summed E-state index contributed by atoms with van der Waals surface area (Å²) in [6.07, 6.45) is 9.13. The van der Waals surface area contributed by atoms with Gasteiger partial charge in [0.05, 0.1) is 12.6 Å². The molecule has 11 heteroatoms. The Morgan fingerprint density at radius 1 is 0.882 bits per heavy atom. The number of fused-ring (bicyclic) bond motifs is 1. The van der Waals surface area contributed by atoms with Crippen LogP contribution >= 0.6 is 11.6 Å². The van der Waals surface area contributed by atoms with Crippen LogP contribution in [-0.2, 0) is 45.1 Å². The summed E-state index contributed by atoms with van der Waals surface area (Å²) in [6.45, 7) is 1.38. The van der Waals surface area contributed by atoms with E-state index in [4.69, 9.17) is 11.6 Å². The van der Waals surface area contributed by atoms with Crippen LogP contribution in [0.15, 0.2) is 103 Å². The minimum Gasteiger partial charge on any atom is -0.374 e. The van der Waals surface area contributed by atoms with E-state index in [-0.39, 0.29) is 30.2 Å². The summed E-state index contributed by atoms with van der Waals surface area (Å²) in [4.78, 5) is 56.2. The average Bonchev–Trinajstić information content (AvgIpc) is 3.17. The van der Waals surface area contributed by atoms with Crippen LogP contribution in [0.3, 0.4) is 0 Å². The SMILES string of the molecule is O=C(CNC(=O)C1(NC2=CC=CCC2)CCN(C(=O)[C@@H](Cc2ccc(Cl)cc2)NC(=O)[C@H]2Cc3ccccc3CN2)CC1)NCc1ccccc1. The summed E-state index contributed by atoms with van der Waals surface area (Å²) >= 11 is 6.14. The van der Waals surface area contributed by atoms with Crippen LogP contribution in [0.4, 0.5) is 0 Å². The highest BCUT2D eigenvalue weighted by atomic mass is 35.5. The maximum absolute atomic E-state index is 14.2. The molecule has 2 aliphatic heterocycles. The number of hydrogen-bond acceptors (Lipinski definition) is 6. The number of carbonyl (C=O) groups is 4. The van der Waals surface area contributed by atoms with Gasteiger partial charge in [0, 0.05) is 43.3 Å². The summed E-state index contributed by atoms with van der Waals surface area (Å²) in [5.41, 5.74) is 4.05. The molecule has 4 amide bonds. The predicted octanol–water partition coefficient (Wildman–Crippen LogP) is 3.70. The Labute approximate surface area is 304 Å². The van der Waals surface area contributed by atoms with Gasteiger partial charge < -0.3 is 31.5 Å². The molecule has 3 aliphatic rings. The van der Waals surface area contributed by atoms with Crippen LogP contribution in [0.5, 0.6) is 0 Å². The van der Waals surface area contributed by atoms with Crippen molar-refractivity contribution in [2.45, 2.75) is 69.2 Å². The van der Waals surface area contributed by atoms with Gasteiger partial charge in [-0.2, -0.15) is 0 Å². The topological polar surface area (TPSA) is 132 Å². The largest absolute Gasteiger partial charge is 0.374 e. The number of nitrogens with zero attached hydrogens (tertiary/aromatic N) is 1. The minimum atomic E-state index is -1.01. The molecule has 1 fully saturated rings. The van der Waals surface area contributed by atoms with Gasteiger partial charge in [-0.15, -0.1) is 0 Å². The first-order chi connectivity index (χ1) is 24.8. The molecule has 10 nitrogen and oxygen atoms in total. The Kier molecular flexibility index (Phi) is 11.9. The molecule has 0 spiro atoms. The molecule has 51 heavy (non-hydrogen) atoms. The second kappa shape index (κ2) is 16.9. The van der Waals surface area contributed by atoms with E-state index in [1.807, 2.05) is 72.8 Å². The fraction of sp³-hybridized carbons (Fsp3) is 0.350. The highest BCUT2D eigenvalue weighted by Gasteiger charge is 2.44. The molecule has 2 atom stereocenters. The summed E-state index contributed by atoms with van der Waals surface area (Å²) in [6, 6.07) is 23.6. The lowest BCUT2D eigenvalue weighted by Gasteiger charge is -2.43. The van der Waals surface area contributed by atoms with E-state index in [2.05, 4.69) is 38.7 Å². The zero-order valence-corrected chi connectivity index (χ0v) is 29.4. The van der Waals surface area contributed by atoms with E-state index >= 15 is 0 Å². The van der Waals surface area contributed by atoms with Crippen LogP contribution in [0, 0.1) is 0 Å². The summed E-state index contributed by atoms with van der Waals surface area (Å²) < 4.78 is 0. The molecule has 6 rings (SSSR count). The van der Waals surface area contributed by atoms with Crippen molar-refractivity contribution in [1.29, 1.82) is 0 Å². The molecule has 0 aromatic heterocycles. The van der Waals surface area contributed by atoms with Crippen LogP contribution < -0.4 is 26.6 Å². The van der Waals surface area contributed by atoms with Crippen molar-refractivity contribution in [2.75, 3.05) is 19.6 Å². The van der Waals surface area contributed by atoms with Gasteiger partial charge in [0.2, 0.25) is 23.6 Å². The number of nitrogens with one attached hydrogen (secondary N) is 5. The molecule has 1 saturated heterocycles. The number of hydrogen-bond donors (Lipinski definition) is 5. The third-order valence-electron chi connectivity index (χ3n) is 9.88. The number of allylic oxidation sites excluding steroid dienone is 4. The molecular weight excluding hydrogens is 664 g/mol. The Bertz CT molecular complexity index is 1770. The smallest absolute Gasteiger partial charge is 0.246 e. The Balaban J connectivity index is 1.12. The number of benzene rings is 3. The zero-order chi connectivity index (χ0) is 35.6. The van der Waals surface area contributed by atoms with Gasteiger partial charge in [-0.25, -0.2) is 0 Å². The molecule has 5 N–H and O–H groups in total. The number of rotatable bonds is 12. The summed E-state index contributed by atoms with van der Waals surface area (Å²) in [5.74, 6) is -1.00. The molecule has 3 aromatic rings.